The molecule has 0 unspecified atom stereocenters. The van der Waals surface area contributed by atoms with Crippen molar-refractivity contribution in [3.05, 3.63) is 69.9 Å². The van der Waals surface area contributed by atoms with E-state index in [4.69, 9.17) is 14.2 Å². The number of rotatable bonds is 7. The predicted octanol–water partition coefficient (Wildman–Crippen LogP) is 3.71. The molecule has 1 aromatic heterocycles. The lowest BCUT2D eigenvalue weighted by Gasteiger charge is -2.22. The molecule has 0 aliphatic carbocycles. The van der Waals surface area contributed by atoms with Gasteiger partial charge < -0.3 is 24.4 Å². The quantitative estimate of drug-likeness (QED) is 0.493. The highest BCUT2D eigenvalue weighted by atomic mass is 32.1. The summed E-state index contributed by atoms with van der Waals surface area (Å²) in [5.41, 5.74) is 1.36. The zero-order valence-corrected chi connectivity index (χ0v) is 19.2. The fraction of sp³-hybridized carbons (Fsp3) is 0.208. The van der Waals surface area contributed by atoms with Crippen LogP contribution in [0.5, 0.6) is 23.0 Å². The molecule has 10 heteroatoms. The summed E-state index contributed by atoms with van der Waals surface area (Å²) in [6, 6.07) is 12.2. The molecule has 0 saturated carbocycles. The second kappa shape index (κ2) is 9.84. The van der Waals surface area contributed by atoms with Crippen LogP contribution in [-0.2, 0) is 9.53 Å². The van der Waals surface area contributed by atoms with Crippen molar-refractivity contribution >= 4 is 28.9 Å². The molecular weight excluding hydrogens is 460 g/mol. The van der Waals surface area contributed by atoms with Crippen molar-refractivity contribution in [3.8, 4) is 23.0 Å². The second-order valence-electron chi connectivity index (χ2n) is 7.37. The van der Waals surface area contributed by atoms with Crippen molar-refractivity contribution in [3.63, 3.8) is 0 Å². The highest BCUT2D eigenvalue weighted by molar-refractivity contribution is 7.12. The molecule has 1 atom stereocenters. The number of thiophene rings is 1. The normalized spacial score (nSPS) is 15.1. The number of hydrogen-bond donors (Lipinski definition) is 2. The number of hydrogen-bond acceptors (Lipinski definition) is 9. The van der Waals surface area contributed by atoms with Crippen LogP contribution >= 0.6 is 11.3 Å². The number of amides is 1. The van der Waals surface area contributed by atoms with Crippen molar-refractivity contribution in [2.24, 2.45) is 5.10 Å². The van der Waals surface area contributed by atoms with Gasteiger partial charge in [0.1, 0.15) is 17.1 Å². The van der Waals surface area contributed by atoms with Crippen LogP contribution in [0.15, 0.2) is 59.0 Å². The van der Waals surface area contributed by atoms with Gasteiger partial charge in [-0.25, -0.2) is 9.80 Å². The SMILES string of the molecule is COc1ccc([C@H]2CC(c3cccs3)=NN2C(=O)COC(=O)c2ccc(O)cc2O)cc1OC. The van der Waals surface area contributed by atoms with Crippen LogP contribution in [0.25, 0.3) is 0 Å². The third-order valence-corrected chi connectivity index (χ3v) is 6.21. The Bertz CT molecular complexity index is 1240. The number of nitrogens with zero attached hydrogens (tertiary/aromatic N) is 2. The van der Waals surface area contributed by atoms with E-state index >= 15 is 0 Å². The highest BCUT2D eigenvalue weighted by Gasteiger charge is 2.34. The fourth-order valence-corrected chi connectivity index (χ4v) is 4.34. The Balaban J connectivity index is 1.56. The number of hydrazone groups is 1. The topological polar surface area (TPSA) is 118 Å². The van der Waals surface area contributed by atoms with Crippen molar-refractivity contribution in [2.75, 3.05) is 20.8 Å². The van der Waals surface area contributed by atoms with Gasteiger partial charge in [0.15, 0.2) is 18.1 Å². The first kappa shape index (κ1) is 23.1. The summed E-state index contributed by atoms with van der Waals surface area (Å²) in [4.78, 5) is 26.4. The van der Waals surface area contributed by atoms with E-state index < -0.39 is 30.3 Å². The standard InChI is InChI=1S/C24H22N2O7S/c1-31-20-8-5-14(10-21(20)32-2)18-12-17(22-4-3-9-34-22)25-26(18)23(29)13-33-24(30)16-7-6-15(27)11-19(16)28/h3-11,18,27-28H,12-13H2,1-2H3/t18-/m1/s1. The first-order valence-corrected chi connectivity index (χ1v) is 11.1. The van der Waals surface area contributed by atoms with Gasteiger partial charge in [0, 0.05) is 12.5 Å². The first-order chi connectivity index (χ1) is 16.4. The number of phenolic OH excluding ortho intramolecular Hbond substituents is 2. The Kier molecular flexibility index (Phi) is 6.69. The molecule has 9 nitrogen and oxygen atoms in total. The molecule has 1 aliphatic rings. The number of benzene rings is 2. The predicted molar refractivity (Wildman–Crippen MR) is 125 cm³/mol. The van der Waals surface area contributed by atoms with Gasteiger partial charge in [-0.05, 0) is 41.3 Å². The zero-order chi connectivity index (χ0) is 24.2. The fourth-order valence-electron chi connectivity index (χ4n) is 3.62. The summed E-state index contributed by atoms with van der Waals surface area (Å²) < 4.78 is 15.8. The lowest BCUT2D eigenvalue weighted by molar-refractivity contribution is -0.136. The minimum absolute atomic E-state index is 0.161. The van der Waals surface area contributed by atoms with Gasteiger partial charge >= 0.3 is 5.97 Å². The maximum Gasteiger partial charge on any atom is 0.342 e. The molecule has 0 fully saturated rings. The number of aromatic hydroxyl groups is 2. The number of carbonyl (C=O) groups is 2. The highest BCUT2D eigenvalue weighted by Crippen LogP contribution is 2.38. The summed E-state index contributed by atoms with van der Waals surface area (Å²) in [5.74, 6) is -0.987. The molecule has 3 aromatic rings. The van der Waals surface area contributed by atoms with Gasteiger partial charge in [-0.1, -0.05) is 12.1 Å². The summed E-state index contributed by atoms with van der Waals surface area (Å²) in [6.07, 6.45) is 0.467. The maximum absolute atomic E-state index is 13.1. The van der Waals surface area contributed by atoms with Crippen LogP contribution in [0.2, 0.25) is 0 Å². The number of phenols is 2. The number of esters is 1. The zero-order valence-electron chi connectivity index (χ0n) is 18.4. The van der Waals surface area contributed by atoms with E-state index in [-0.39, 0.29) is 11.3 Å². The van der Waals surface area contributed by atoms with Gasteiger partial charge in [0.2, 0.25) is 0 Å². The Morgan fingerprint density at radius 2 is 1.88 bits per heavy atom. The molecule has 0 spiro atoms. The van der Waals surface area contributed by atoms with Crippen molar-refractivity contribution in [2.45, 2.75) is 12.5 Å². The Hall–Kier alpha value is -4.05. The Labute approximate surface area is 199 Å². The van der Waals surface area contributed by atoms with Crippen molar-refractivity contribution in [1.29, 1.82) is 0 Å². The molecule has 2 heterocycles. The molecule has 0 radical (unpaired) electrons. The minimum atomic E-state index is -0.893. The van der Waals surface area contributed by atoms with Gasteiger partial charge in [0.25, 0.3) is 5.91 Å². The van der Waals surface area contributed by atoms with Gasteiger partial charge in [-0.3, -0.25) is 4.79 Å². The Morgan fingerprint density at radius 1 is 1.09 bits per heavy atom. The van der Waals surface area contributed by atoms with E-state index in [1.54, 1.807) is 19.2 Å². The molecule has 176 valence electrons. The van der Waals surface area contributed by atoms with E-state index in [2.05, 4.69) is 5.10 Å². The number of methoxy groups -OCH3 is 2. The Morgan fingerprint density at radius 3 is 2.56 bits per heavy atom. The largest absolute Gasteiger partial charge is 0.508 e. The van der Waals surface area contributed by atoms with E-state index in [9.17, 15) is 19.8 Å². The molecule has 4 rings (SSSR count). The molecule has 34 heavy (non-hydrogen) atoms. The minimum Gasteiger partial charge on any atom is -0.508 e. The van der Waals surface area contributed by atoms with E-state index in [0.29, 0.717) is 17.9 Å². The molecule has 1 amide bonds. The molecule has 1 aliphatic heterocycles. The molecule has 0 bridgehead atoms. The van der Waals surface area contributed by atoms with Crippen molar-refractivity contribution < 1.29 is 34.0 Å². The van der Waals surface area contributed by atoms with E-state index in [0.717, 1.165) is 22.2 Å². The monoisotopic (exact) mass is 482 g/mol. The lowest BCUT2D eigenvalue weighted by atomic mass is 10.0. The molecule has 2 N–H and O–H groups in total. The average Bonchev–Trinajstić information content (AvgIpc) is 3.52. The van der Waals surface area contributed by atoms with Gasteiger partial charge in [-0.15, -0.1) is 11.3 Å². The third kappa shape index (κ3) is 4.67. The summed E-state index contributed by atoms with van der Waals surface area (Å²) in [6.45, 7) is -0.579. The van der Waals surface area contributed by atoms with Crippen LogP contribution in [0, 0.1) is 0 Å². The van der Waals surface area contributed by atoms with Gasteiger partial charge in [0.05, 0.1) is 30.9 Å². The third-order valence-electron chi connectivity index (χ3n) is 5.29. The van der Waals surface area contributed by atoms with Crippen LogP contribution in [0.1, 0.15) is 33.3 Å². The van der Waals surface area contributed by atoms with E-state index in [1.807, 2.05) is 23.6 Å². The average molecular weight is 483 g/mol. The molecular formula is C24H22N2O7S. The lowest BCUT2D eigenvalue weighted by Crippen LogP contribution is -2.31. The molecule has 0 saturated heterocycles. The van der Waals surface area contributed by atoms with Crippen LogP contribution in [0.3, 0.4) is 0 Å². The summed E-state index contributed by atoms with van der Waals surface area (Å²) >= 11 is 1.52. The maximum atomic E-state index is 13.1. The van der Waals surface area contributed by atoms with Crippen LogP contribution < -0.4 is 9.47 Å². The van der Waals surface area contributed by atoms with Crippen molar-refractivity contribution in [1.82, 2.24) is 5.01 Å². The smallest absolute Gasteiger partial charge is 0.342 e. The van der Waals surface area contributed by atoms with Crippen LogP contribution in [-0.4, -0.2) is 53.6 Å². The second-order valence-corrected chi connectivity index (χ2v) is 8.32. The number of carbonyl (C=O) groups excluding carboxylic acids is 2. The number of ether oxygens (including phenoxy) is 3. The van der Waals surface area contributed by atoms with Crippen LogP contribution in [0.4, 0.5) is 0 Å². The van der Waals surface area contributed by atoms with E-state index in [1.165, 1.54) is 35.6 Å². The molecule has 2 aromatic carbocycles. The summed E-state index contributed by atoms with van der Waals surface area (Å²) in [5, 5.41) is 27.0. The van der Waals surface area contributed by atoms with Gasteiger partial charge in [-0.2, -0.15) is 5.10 Å². The summed E-state index contributed by atoms with van der Waals surface area (Å²) in [7, 11) is 3.08. The first-order valence-electron chi connectivity index (χ1n) is 10.3.